The Balaban J connectivity index is 2.52. The second-order valence-electron chi connectivity index (χ2n) is 5.15. The Bertz CT molecular complexity index is 554. The van der Waals surface area contributed by atoms with Crippen molar-refractivity contribution in [3.8, 4) is 0 Å². The first-order valence-corrected chi connectivity index (χ1v) is 8.65. The van der Waals surface area contributed by atoms with Gasteiger partial charge in [-0.15, -0.1) is 0 Å². The lowest BCUT2D eigenvalue weighted by Crippen LogP contribution is -2.27. The third kappa shape index (κ3) is 6.99. The van der Waals surface area contributed by atoms with Gasteiger partial charge in [-0.2, -0.15) is 0 Å². The lowest BCUT2D eigenvalue weighted by Gasteiger charge is -2.09. The van der Waals surface area contributed by atoms with Gasteiger partial charge in [0, 0.05) is 19.6 Å². The molecule has 0 unspecified atom stereocenters. The molecule has 0 radical (unpaired) electrons. The minimum absolute atomic E-state index is 0.220. The molecule has 1 aromatic rings. The van der Waals surface area contributed by atoms with E-state index < -0.39 is 10.0 Å². The van der Waals surface area contributed by atoms with Gasteiger partial charge in [-0.1, -0.05) is 38.2 Å². The van der Waals surface area contributed by atoms with Crippen molar-refractivity contribution in [1.82, 2.24) is 4.72 Å². The van der Waals surface area contributed by atoms with Crippen LogP contribution in [0.25, 0.3) is 0 Å². The Labute approximate surface area is 131 Å². The summed E-state index contributed by atoms with van der Waals surface area (Å²) in [6.07, 6.45) is 0.464. The molecule has 0 fully saturated rings. The van der Waals surface area contributed by atoms with Gasteiger partial charge in [-0.25, -0.2) is 13.1 Å². The molecule has 3 N–H and O–H groups in total. The van der Waals surface area contributed by atoms with E-state index in [1.807, 2.05) is 13.8 Å². The molecule has 118 valence electrons. The van der Waals surface area contributed by atoms with E-state index in [2.05, 4.69) is 4.72 Å². The molecular formula is C14H22N2O3S2. The number of nitrogens with one attached hydrogen (secondary N) is 1. The van der Waals surface area contributed by atoms with Crippen molar-refractivity contribution >= 4 is 27.2 Å². The van der Waals surface area contributed by atoms with Gasteiger partial charge in [-0.3, -0.25) is 0 Å². The van der Waals surface area contributed by atoms with Crippen LogP contribution in [0.4, 0.5) is 0 Å². The van der Waals surface area contributed by atoms with Crippen molar-refractivity contribution in [3.05, 3.63) is 29.8 Å². The third-order valence-electron chi connectivity index (χ3n) is 2.60. The van der Waals surface area contributed by atoms with Crippen LogP contribution in [0.5, 0.6) is 0 Å². The second kappa shape index (κ2) is 8.43. The van der Waals surface area contributed by atoms with Crippen molar-refractivity contribution in [3.63, 3.8) is 0 Å². The summed E-state index contributed by atoms with van der Waals surface area (Å²) in [6.45, 7) is 5.31. The van der Waals surface area contributed by atoms with Crippen LogP contribution in [0.3, 0.4) is 0 Å². The SMILES string of the molecule is CC(C)COCCNS(=O)(=O)c1ccc(CC(N)=S)cc1. The number of hydrogen-bond acceptors (Lipinski definition) is 4. The van der Waals surface area contributed by atoms with Crippen molar-refractivity contribution in [2.24, 2.45) is 11.7 Å². The van der Waals surface area contributed by atoms with Crippen LogP contribution in [-0.2, 0) is 21.2 Å². The summed E-state index contributed by atoms with van der Waals surface area (Å²) in [5.74, 6) is 0.433. The van der Waals surface area contributed by atoms with Crippen molar-refractivity contribution in [1.29, 1.82) is 0 Å². The fourth-order valence-corrected chi connectivity index (χ4v) is 2.82. The lowest BCUT2D eigenvalue weighted by molar-refractivity contribution is 0.114. The molecule has 1 rings (SSSR count). The average molecular weight is 330 g/mol. The predicted molar refractivity (Wildman–Crippen MR) is 87.8 cm³/mol. The van der Waals surface area contributed by atoms with Crippen molar-refractivity contribution in [2.75, 3.05) is 19.8 Å². The number of nitrogens with two attached hydrogens (primary N) is 1. The number of rotatable bonds is 9. The zero-order chi connectivity index (χ0) is 15.9. The van der Waals surface area contributed by atoms with Crippen LogP contribution in [0, 0.1) is 5.92 Å². The molecule has 0 saturated carbocycles. The van der Waals surface area contributed by atoms with Gasteiger partial charge in [0.25, 0.3) is 0 Å². The van der Waals surface area contributed by atoms with Gasteiger partial charge in [-0.05, 0) is 23.6 Å². The maximum atomic E-state index is 12.0. The van der Waals surface area contributed by atoms with Gasteiger partial charge in [0.05, 0.1) is 16.5 Å². The zero-order valence-corrected chi connectivity index (χ0v) is 14.0. The molecule has 1 aromatic carbocycles. The molecule has 0 saturated heterocycles. The Morgan fingerprint density at radius 1 is 1.33 bits per heavy atom. The highest BCUT2D eigenvalue weighted by molar-refractivity contribution is 7.89. The largest absolute Gasteiger partial charge is 0.393 e. The fourth-order valence-electron chi connectivity index (χ4n) is 1.64. The summed E-state index contributed by atoms with van der Waals surface area (Å²) in [4.78, 5) is 0.601. The molecule has 0 aromatic heterocycles. The second-order valence-corrected chi connectivity index (χ2v) is 7.44. The maximum Gasteiger partial charge on any atom is 0.240 e. The van der Waals surface area contributed by atoms with E-state index in [4.69, 9.17) is 22.7 Å². The Kier molecular flexibility index (Phi) is 7.24. The summed E-state index contributed by atoms with van der Waals surface area (Å²) in [7, 11) is -3.50. The first-order chi connectivity index (χ1) is 9.81. The standard InChI is InChI=1S/C14H22N2O3S2/c1-11(2)10-19-8-7-16-21(17,18)13-5-3-12(4-6-13)9-14(15)20/h3-6,11,16H,7-10H2,1-2H3,(H2,15,20). The normalized spacial score (nSPS) is 11.8. The van der Waals surface area contributed by atoms with Crippen LogP contribution in [0.2, 0.25) is 0 Å². The van der Waals surface area contributed by atoms with Crippen LogP contribution >= 0.6 is 12.2 Å². The highest BCUT2D eigenvalue weighted by Crippen LogP contribution is 2.11. The van der Waals surface area contributed by atoms with Crippen molar-refractivity contribution in [2.45, 2.75) is 25.2 Å². The number of benzene rings is 1. The number of sulfonamides is 1. The smallest absolute Gasteiger partial charge is 0.240 e. The predicted octanol–water partition coefficient (Wildman–Crippen LogP) is 1.47. The first-order valence-electron chi connectivity index (χ1n) is 6.76. The third-order valence-corrected chi connectivity index (χ3v) is 4.22. The Hall–Kier alpha value is -1.02. The Morgan fingerprint density at radius 3 is 2.48 bits per heavy atom. The van der Waals surface area contributed by atoms with Gasteiger partial charge in [0.1, 0.15) is 0 Å². The first kappa shape index (κ1) is 18.0. The van der Waals surface area contributed by atoms with Crippen LogP contribution < -0.4 is 10.5 Å². The Morgan fingerprint density at radius 2 is 1.95 bits per heavy atom. The summed E-state index contributed by atoms with van der Waals surface area (Å²) >= 11 is 4.82. The molecule has 21 heavy (non-hydrogen) atoms. The monoisotopic (exact) mass is 330 g/mol. The van der Waals surface area contributed by atoms with E-state index in [9.17, 15) is 8.42 Å². The number of thiocarbonyl (C=S) groups is 1. The summed E-state index contributed by atoms with van der Waals surface area (Å²) in [5.41, 5.74) is 6.34. The molecule has 7 heteroatoms. The molecule has 0 atom stereocenters. The summed E-state index contributed by atoms with van der Waals surface area (Å²) in [6, 6.07) is 6.52. The van der Waals surface area contributed by atoms with E-state index >= 15 is 0 Å². The van der Waals surface area contributed by atoms with E-state index in [-0.39, 0.29) is 11.4 Å². The molecular weight excluding hydrogens is 308 g/mol. The molecule has 0 amide bonds. The zero-order valence-electron chi connectivity index (χ0n) is 12.3. The van der Waals surface area contributed by atoms with Gasteiger partial charge in [0.15, 0.2) is 0 Å². The van der Waals surface area contributed by atoms with E-state index in [1.165, 1.54) is 0 Å². The van der Waals surface area contributed by atoms with Crippen LogP contribution in [0.15, 0.2) is 29.2 Å². The highest BCUT2D eigenvalue weighted by atomic mass is 32.2. The minimum Gasteiger partial charge on any atom is -0.393 e. The number of hydrogen-bond donors (Lipinski definition) is 2. The van der Waals surface area contributed by atoms with E-state index in [0.717, 1.165) is 5.56 Å². The number of ether oxygens (including phenoxy) is 1. The van der Waals surface area contributed by atoms with Gasteiger partial charge < -0.3 is 10.5 Å². The van der Waals surface area contributed by atoms with E-state index in [1.54, 1.807) is 24.3 Å². The average Bonchev–Trinajstić information content (AvgIpc) is 2.37. The summed E-state index contributed by atoms with van der Waals surface area (Å²) < 4.78 is 31.9. The lowest BCUT2D eigenvalue weighted by atomic mass is 10.1. The summed E-state index contributed by atoms with van der Waals surface area (Å²) in [5, 5.41) is 0. The molecule has 0 aliphatic heterocycles. The van der Waals surface area contributed by atoms with Crippen LogP contribution in [0.1, 0.15) is 19.4 Å². The molecule has 5 nitrogen and oxygen atoms in total. The molecule has 0 spiro atoms. The minimum atomic E-state index is -3.50. The highest BCUT2D eigenvalue weighted by Gasteiger charge is 2.13. The van der Waals surface area contributed by atoms with Crippen LogP contribution in [-0.4, -0.2) is 33.2 Å². The van der Waals surface area contributed by atoms with E-state index in [0.29, 0.717) is 30.5 Å². The van der Waals surface area contributed by atoms with Gasteiger partial charge in [0.2, 0.25) is 10.0 Å². The topological polar surface area (TPSA) is 81.4 Å². The molecule has 0 aliphatic carbocycles. The van der Waals surface area contributed by atoms with Crippen molar-refractivity contribution < 1.29 is 13.2 Å². The molecule has 0 heterocycles. The van der Waals surface area contributed by atoms with Gasteiger partial charge >= 0.3 is 0 Å². The molecule has 0 bridgehead atoms. The fraction of sp³-hybridized carbons (Fsp3) is 0.500. The molecule has 0 aliphatic rings. The quantitative estimate of drug-likeness (QED) is 0.529. The maximum absolute atomic E-state index is 12.0.